The van der Waals surface area contributed by atoms with Crippen LogP contribution in [0.1, 0.15) is 28.4 Å². The molecular formula is C29H28N2O3. The number of amides is 1. The third-order valence-electron chi connectivity index (χ3n) is 6.26. The first-order chi connectivity index (χ1) is 16.5. The Kier molecular flexibility index (Phi) is 5.93. The molecule has 1 aliphatic rings. The van der Waals surface area contributed by atoms with Gasteiger partial charge in [0.15, 0.2) is 17.6 Å². The average Bonchev–Trinajstić information content (AvgIpc) is 2.86. The topological polar surface area (TPSA) is 51.7 Å². The number of pyridine rings is 1. The van der Waals surface area contributed by atoms with Crippen molar-refractivity contribution in [3.8, 4) is 22.8 Å². The van der Waals surface area contributed by atoms with E-state index in [-0.39, 0.29) is 12.0 Å². The number of hydrogen-bond donors (Lipinski definition) is 0. The van der Waals surface area contributed by atoms with Gasteiger partial charge in [-0.25, -0.2) is 4.98 Å². The first-order valence-electron chi connectivity index (χ1n) is 11.7. The van der Waals surface area contributed by atoms with Crippen molar-refractivity contribution in [2.45, 2.75) is 26.9 Å². The van der Waals surface area contributed by atoms with Gasteiger partial charge in [-0.3, -0.25) is 4.79 Å². The van der Waals surface area contributed by atoms with Crippen molar-refractivity contribution in [2.24, 2.45) is 0 Å². The van der Waals surface area contributed by atoms with E-state index in [1.165, 1.54) is 5.56 Å². The molecule has 0 fully saturated rings. The predicted octanol–water partition coefficient (Wildman–Crippen LogP) is 5.82. The minimum atomic E-state index is -0.231. The van der Waals surface area contributed by atoms with Gasteiger partial charge in [0.2, 0.25) is 0 Å². The van der Waals surface area contributed by atoms with Crippen molar-refractivity contribution in [1.29, 1.82) is 0 Å². The highest BCUT2D eigenvalue weighted by Gasteiger charge is 2.26. The van der Waals surface area contributed by atoms with Gasteiger partial charge in [0.25, 0.3) is 5.91 Å². The molecule has 1 aliphatic heterocycles. The largest absolute Gasteiger partial charge is 0.486 e. The number of carbonyl (C=O) groups excluding carboxylic acids is 1. The van der Waals surface area contributed by atoms with Gasteiger partial charge >= 0.3 is 0 Å². The van der Waals surface area contributed by atoms with Gasteiger partial charge in [-0.2, -0.15) is 0 Å². The normalized spacial score (nSPS) is 14.7. The first kappa shape index (κ1) is 22.0. The number of aryl methyl sites for hydroxylation is 2. The number of rotatable bonds is 5. The molecule has 4 aromatic rings. The SMILES string of the molecule is CCN(CC1COc2ccccc2O1)C(=O)c1cc(-c2ccc(C)cc2C)nc2ccccc12. The Morgan fingerprint density at radius 3 is 2.56 bits per heavy atom. The molecule has 1 atom stereocenters. The Balaban J connectivity index is 1.49. The van der Waals surface area contributed by atoms with Crippen LogP contribution >= 0.6 is 0 Å². The minimum Gasteiger partial charge on any atom is -0.486 e. The van der Waals surface area contributed by atoms with Crippen LogP contribution < -0.4 is 9.47 Å². The van der Waals surface area contributed by atoms with E-state index in [4.69, 9.17) is 14.5 Å². The van der Waals surface area contributed by atoms with Crippen LogP contribution in [0.25, 0.3) is 22.2 Å². The molecule has 34 heavy (non-hydrogen) atoms. The molecule has 1 amide bonds. The second-order valence-electron chi connectivity index (χ2n) is 8.73. The van der Waals surface area contributed by atoms with Crippen LogP contribution in [0.3, 0.4) is 0 Å². The molecule has 0 N–H and O–H groups in total. The van der Waals surface area contributed by atoms with Crippen molar-refractivity contribution < 1.29 is 14.3 Å². The smallest absolute Gasteiger partial charge is 0.254 e. The average molecular weight is 453 g/mol. The van der Waals surface area contributed by atoms with E-state index in [2.05, 4.69) is 32.0 Å². The molecule has 0 saturated carbocycles. The van der Waals surface area contributed by atoms with Gasteiger partial charge < -0.3 is 14.4 Å². The molecule has 1 aromatic heterocycles. The first-order valence-corrected chi connectivity index (χ1v) is 11.7. The maximum absolute atomic E-state index is 13.8. The maximum atomic E-state index is 13.8. The Bertz CT molecular complexity index is 1360. The highest BCUT2D eigenvalue weighted by molar-refractivity contribution is 6.07. The number of aromatic nitrogens is 1. The van der Waals surface area contributed by atoms with Crippen LogP contribution in [0.4, 0.5) is 0 Å². The molecule has 2 heterocycles. The van der Waals surface area contributed by atoms with Crippen LogP contribution in [0, 0.1) is 13.8 Å². The number of nitrogens with zero attached hydrogens (tertiary/aromatic N) is 2. The van der Waals surface area contributed by atoms with E-state index in [9.17, 15) is 4.79 Å². The molecule has 0 spiro atoms. The Morgan fingerprint density at radius 1 is 1.00 bits per heavy atom. The molecule has 0 radical (unpaired) electrons. The standard InChI is InChI=1S/C29H28N2O3/c1-4-31(17-21-18-33-27-11-7-8-12-28(27)34-21)29(32)24-16-26(22-14-13-19(2)15-20(22)3)30-25-10-6-5-9-23(24)25/h5-16,21H,4,17-18H2,1-3H3. The van der Waals surface area contributed by atoms with Gasteiger partial charge in [0.05, 0.1) is 23.3 Å². The lowest BCUT2D eigenvalue weighted by atomic mass is 9.99. The fraction of sp³-hybridized carbons (Fsp3) is 0.241. The number of para-hydroxylation sites is 3. The zero-order valence-electron chi connectivity index (χ0n) is 19.7. The summed E-state index contributed by atoms with van der Waals surface area (Å²) in [4.78, 5) is 20.6. The molecular weight excluding hydrogens is 424 g/mol. The Labute approximate surface area is 200 Å². The lowest BCUT2D eigenvalue weighted by Crippen LogP contribution is -2.43. The summed E-state index contributed by atoms with van der Waals surface area (Å²) >= 11 is 0. The molecule has 5 heteroatoms. The lowest BCUT2D eigenvalue weighted by Gasteiger charge is -2.31. The van der Waals surface area contributed by atoms with E-state index in [1.54, 1.807) is 0 Å². The van der Waals surface area contributed by atoms with Gasteiger partial charge in [0.1, 0.15) is 6.61 Å². The summed E-state index contributed by atoms with van der Waals surface area (Å²) in [6.45, 7) is 7.57. The van der Waals surface area contributed by atoms with E-state index in [0.717, 1.165) is 33.5 Å². The number of carbonyl (C=O) groups is 1. The monoisotopic (exact) mass is 452 g/mol. The second-order valence-corrected chi connectivity index (χ2v) is 8.73. The third-order valence-corrected chi connectivity index (χ3v) is 6.26. The van der Waals surface area contributed by atoms with Gasteiger partial charge in [-0.1, -0.05) is 54.1 Å². The predicted molar refractivity (Wildman–Crippen MR) is 135 cm³/mol. The number of ether oxygens (including phenoxy) is 2. The maximum Gasteiger partial charge on any atom is 0.254 e. The van der Waals surface area contributed by atoms with Crippen molar-refractivity contribution >= 4 is 16.8 Å². The highest BCUT2D eigenvalue weighted by atomic mass is 16.6. The van der Waals surface area contributed by atoms with Crippen LogP contribution in [0.15, 0.2) is 72.8 Å². The molecule has 5 nitrogen and oxygen atoms in total. The third kappa shape index (κ3) is 4.21. The van der Waals surface area contributed by atoms with Crippen LogP contribution in [-0.2, 0) is 0 Å². The summed E-state index contributed by atoms with van der Waals surface area (Å²) in [6, 6.07) is 23.7. The quantitative estimate of drug-likeness (QED) is 0.383. The van der Waals surface area contributed by atoms with Crippen LogP contribution in [-0.4, -0.2) is 41.6 Å². The fourth-order valence-corrected chi connectivity index (χ4v) is 4.52. The van der Waals surface area contributed by atoms with Crippen LogP contribution in [0.5, 0.6) is 11.5 Å². The van der Waals surface area contributed by atoms with E-state index < -0.39 is 0 Å². The number of benzene rings is 3. The summed E-state index contributed by atoms with van der Waals surface area (Å²) in [5, 5.41) is 0.852. The molecule has 0 aliphatic carbocycles. The molecule has 1 unspecified atom stereocenters. The number of hydrogen-bond acceptors (Lipinski definition) is 4. The summed E-state index contributed by atoms with van der Waals surface area (Å²) in [5.74, 6) is 1.43. The van der Waals surface area contributed by atoms with Crippen molar-refractivity contribution in [2.75, 3.05) is 19.7 Å². The summed E-state index contributed by atoms with van der Waals surface area (Å²) in [5.41, 5.74) is 5.65. The lowest BCUT2D eigenvalue weighted by molar-refractivity contribution is 0.0476. The Hall–Kier alpha value is -3.86. The van der Waals surface area contributed by atoms with Crippen molar-refractivity contribution in [3.05, 3.63) is 89.5 Å². The van der Waals surface area contributed by atoms with Gasteiger partial charge in [-0.15, -0.1) is 0 Å². The molecule has 3 aromatic carbocycles. The molecule has 172 valence electrons. The van der Waals surface area contributed by atoms with E-state index >= 15 is 0 Å². The van der Waals surface area contributed by atoms with E-state index in [1.807, 2.05) is 66.4 Å². The zero-order valence-corrected chi connectivity index (χ0v) is 19.7. The highest BCUT2D eigenvalue weighted by Crippen LogP contribution is 2.32. The van der Waals surface area contributed by atoms with Crippen molar-refractivity contribution in [3.63, 3.8) is 0 Å². The minimum absolute atomic E-state index is 0.0328. The fourth-order valence-electron chi connectivity index (χ4n) is 4.52. The number of fused-ring (bicyclic) bond motifs is 2. The zero-order chi connectivity index (χ0) is 23.7. The molecule has 0 bridgehead atoms. The summed E-state index contributed by atoms with van der Waals surface area (Å²) in [7, 11) is 0. The molecule has 0 saturated heterocycles. The van der Waals surface area contributed by atoms with Gasteiger partial charge in [0, 0.05) is 17.5 Å². The Morgan fingerprint density at radius 2 is 1.76 bits per heavy atom. The van der Waals surface area contributed by atoms with Crippen molar-refractivity contribution in [1.82, 2.24) is 9.88 Å². The van der Waals surface area contributed by atoms with E-state index in [0.29, 0.717) is 31.0 Å². The summed E-state index contributed by atoms with van der Waals surface area (Å²) < 4.78 is 12.0. The number of likely N-dealkylation sites (N-methyl/N-ethyl adjacent to an activating group) is 1. The molecule has 5 rings (SSSR count). The van der Waals surface area contributed by atoms with Crippen LogP contribution in [0.2, 0.25) is 0 Å². The summed E-state index contributed by atoms with van der Waals surface area (Å²) in [6.07, 6.45) is -0.231. The second kappa shape index (κ2) is 9.18. The van der Waals surface area contributed by atoms with Gasteiger partial charge in [-0.05, 0) is 50.6 Å².